The van der Waals surface area contributed by atoms with Gasteiger partial charge in [0.25, 0.3) is 0 Å². The third-order valence-corrected chi connectivity index (χ3v) is 5.72. The maximum atomic E-state index is 5.96. The minimum absolute atomic E-state index is 0.459. The van der Waals surface area contributed by atoms with Gasteiger partial charge in [-0.25, -0.2) is 0 Å². The largest absolute Gasteiger partial charge is 0.377 e. The predicted molar refractivity (Wildman–Crippen MR) is 129 cm³/mol. The van der Waals surface area contributed by atoms with Crippen molar-refractivity contribution in [3.8, 4) is 0 Å². The number of hydrogen-bond donors (Lipinski definition) is 1. The Morgan fingerprint density at radius 2 is 1.77 bits per heavy atom. The first kappa shape index (κ1) is 20.0. The summed E-state index contributed by atoms with van der Waals surface area (Å²) in [6.07, 6.45) is 3.87. The normalized spacial score (nSPS) is 12.1. The first-order valence-electron chi connectivity index (χ1n) is 9.85. The van der Waals surface area contributed by atoms with Crippen molar-refractivity contribution in [3.63, 3.8) is 0 Å². The summed E-state index contributed by atoms with van der Waals surface area (Å²) in [7, 11) is 0. The van der Waals surface area contributed by atoms with Crippen LogP contribution in [0.2, 0.25) is 0 Å². The fourth-order valence-corrected chi connectivity index (χ4v) is 3.85. The molecule has 0 aliphatic heterocycles. The van der Waals surface area contributed by atoms with Crippen LogP contribution in [0.25, 0.3) is 10.9 Å². The molecular weight excluding hydrogens is 388 g/mol. The summed E-state index contributed by atoms with van der Waals surface area (Å²) in [5.41, 5.74) is 11.9. The highest BCUT2D eigenvalue weighted by Gasteiger charge is 2.03. The maximum absolute atomic E-state index is 5.96. The molecule has 5 heteroatoms. The molecule has 4 nitrogen and oxygen atoms in total. The summed E-state index contributed by atoms with van der Waals surface area (Å²) in [4.78, 5) is 0. The smallest absolute Gasteiger partial charge is 0.180 e. The van der Waals surface area contributed by atoms with Crippen LogP contribution in [0.5, 0.6) is 0 Å². The lowest BCUT2D eigenvalue weighted by molar-refractivity contribution is 0.836. The van der Waals surface area contributed by atoms with Gasteiger partial charge in [-0.2, -0.15) is 5.10 Å². The Morgan fingerprint density at radius 1 is 0.967 bits per heavy atom. The van der Waals surface area contributed by atoms with Gasteiger partial charge in [0.05, 0.1) is 6.21 Å². The van der Waals surface area contributed by atoms with E-state index in [1.165, 1.54) is 39.4 Å². The Bertz CT molecular complexity index is 1170. The summed E-state index contributed by atoms with van der Waals surface area (Å²) in [6, 6.07) is 27.3. The standard InChI is InChI=1S/C25H24N4S/c1-19-7-9-20(10-8-19)17-29-14-13-23-15-22(11-12-24(23)29)16-27-28-25(26)30-18-21-5-3-2-4-6-21/h2-16H,17-18H2,1H3,(H2,26,28). The number of aryl methyl sites for hydroxylation is 1. The van der Waals surface area contributed by atoms with Gasteiger partial charge in [-0.05, 0) is 41.8 Å². The lowest BCUT2D eigenvalue weighted by atomic mass is 10.1. The molecule has 0 aliphatic carbocycles. The Labute approximate surface area is 181 Å². The molecule has 4 aromatic rings. The lowest BCUT2D eigenvalue weighted by Crippen LogP contribution is -2.05. The predicted octanol–water partition coefficient (Wildman–Crippen LogP) is 5.58. The highest BCUT2D eigenvalue weighted by atomic mass is 32.2. The SMILES string of the molecule is Cc1ccc(Cn2ccc3cc(C=NN=C(N)SCc4ccccc4)ccc32)cc1. The van der Waals surface area contributed by atoms with Gasteiger partial charge in [-0.1, -0.05) is 78.0 Å². The van der Waals surface area contributed by atoms with Crippen LogP contribution in [0.1, 0.15) is 22.3 Å². The average molecular weight is 413 g/mol. The second-order valence-corrected chi connectivity index (χ2v) is 8.20. The second-order valence-electron chi connectivity index (χ2n) is 7.20. The third-order valence-electron chi connectivity index (χ3n) is 4.86. The number of nitrogens with two attached hydrogens (primary N) is 1. The van der Waals surface area contributed by atoms with E-state index in [1.54, 1.807) is 6.21 Å². The quantitative estimate of drug-likeness (QED) is 0.255. The molecule has 3 aromatic carbocycles. The molecule has 0 unspecified atom stereocenters. The number of hydrogen-bond acceptors (Lipinski definition) is 3. The van der Waals surface area contributed by atoms with Crippen LogP contribution < -0.4 is 5.73 Å². The number of nitrogens with zero attached hydrogens (tertiary/aromatic N) is 3. The maximum Gasteiger partial charge on any atom is 0.180 e. The number of aromatic nitrogens is 1. The molecule has 0 atom stereocenters. The van der Waals surface area contributed by atoms with Gasteiger partial charge in [0, 0.05) is 29.4 Å². The molecule has 0 bridgehead atoms. The van der Waals surface area contributed by atoms with Crippen molar-refractivity contribution in [3.05, 3.63) is 107 Å². The minimum Gasteiger partial charge on any atom is -0.377 e. The van der Waals surface area contributed by atoms with Crippen LogP contribution in [-0.4, -0.2) is 15.9 Å². The fraction of sp³-hybridized carbons (Fsp3) is 0.120. The van der Waals surface area contributed by atoms with Crippen molar-refractivity contribution in [2.75, 3.05) is 0 Å². The monoisotopic (exact) mass is 412 g/mol. The third kappa shape index (κ3) is 5.19. The van der Waals surface area contributed by atoms with Crippen molar-refractivity contribution in [2.24, 2.45) is 15.9 Å². The van der Waals surface area contributed by atoms with E-state index in [9.17, 15) is 0 Å². The van der Waals surface area contributed by atoms with Gasteiger partial charge in [-0.15, -0.1) is 5.10 Å². The summed E-state index contributed by atoms with van der Waals surface area (Å²) >= 11 is 1.48. The van der Waals surface area contributed by atoms with Crippen LogP contribution in [0, 0.1) is 6.92 Å². The van der Waals surface area contributed by atoms with Crippen LogP contribution in [0.4, 0.5) is 0 Å². The van der Waals surface area contributed by atoms with Crippen molar-refractivity contribution in [1.82, 2.24) is 4.57 Å². The second kappa shape index (κ2) is 9.46. The number of thioether (sulfide) groups is 1. The molecule has 1 aromatic heterocycles. The van der Waals surface area contributed by atoms with E-state index in [4.69, 9.17) is 5.73 Å². The lowest BCUT2D eigenvalue weighted by Gasteiger charge is -2.06. The van der Waals surface area contributed by atoms with Gasteiger partial charge in [0.2, 0.25) is 0 Å². The van der Waals surface area contributed by atoms with Gasteiger partial charge in [0.1, 0.15) is 0 Å². The fourth-order valence-electron chi connectivity index (χ4n) is 3.24. The van der Waals surface area contributed by atoms with Gasteiger partial charge in [-0.3, -0.25) is 0 Å². The number of fused-ring (bicyclic) bond motifs is 1. The van der Waals surface area contributed by atoms with Crippen molar-refractivity contribution in [2.45, 2.75) is 19.2 Å². The number of rotatable bonds is 6. The minimum atomic E-state index is 0.459. The summed E-state index contributed by atoms with van der Waals surface area (Å²) in [6.45, 7) is 2.97. The van der Waals surface area contributed by atoms with E-state index in [-0.39, 0.29) is 0 Å². The zero-order valence-corrected chi connectivity index (χ0v) is 17.7. The Hall–Kier alpha value is -3.31. The van der Waals surface area contributed by atoms with Crippen molar-refractivity contribution >= 4 is 34.0 Å². The van der Waals surface area contributed by atoms with Crippen LogP contribution in [0.3, 0.4) is 0 Å². The van der Waals surface area contributed by atoms with E-state index in [0.29, 0.717) is 5.17 Å². The van der Waals surface area contributed by atoms with Crippen LogP contribution in [-0.2, 0) is 12.3 Å². The van der Waals surface area contributed by atoms with Crippen LogP contribution >= 0.6 is 11.8 Å². The molecular formula is C25H24N4S. The first-order valence-corrected chi connectivity index (χ1v) is 10.8. The molecule has 0 amide bonds. The number of amidine groups is 1. The zero-order valence-electron chi connectivity index (χ0n) is 16.9. The summed E-state index contributed by atoms with van der Waals surface area (Å²) in [5.74, 6) is 0.784. The van der Waals surface area contributed by atoms with Gasteiger partial charge < -0.3 is 10.3 Å². The van der Waals surface area contributed by atoms with Gasteiger partial charge >= 0.3 is 0 Å². The van der Waals surface area contributed by atoms with Crippen LogP contribution in [0.15, 0.2) is 95.3 Å². The van der Waals surface area contributed by atoms with Crippen molar-refractivity contribution < 1.29 is 0 Å². The molecule has 4 rings (SSSR count). The molecule has 0 spiro atoms. The summed E-state index contributed by atoms with van der Waals surface area (Å²) < 4.78 is 2.26. The first-order chi connectivity index (χ1) is 14.7. The molecule has 2 N–H and O–H groups in total. The molecule has 0 fully saturated rings. The zero-order chi connectivity index (χ0) is 20.8. The Kier molecular flexibility index (Phi) is 6.30. The molecule has 30 heavy (non-hydrogen) atoms. The molecule has 0 saturated heterocycles. The summed E-state index contributed by atoms with van der Waals surface area (Å²) in [5, 5.41) is 9.90. The van der Waals surface area contributed by atoms with E-state index < -0.39 is 0 Å². The van der Waals surface area contributed by atoms with Gasteiger partial charge in [0.15, 0.2) is 5.17 Å². The Balaban J connectivity index is 1.40. The van der Waals surface area contributed by atoms with E-state index in [0.717, 1.165) is 17.9 Å². The number of benzene rings is 3. The highest BCUT2D eigenvalue weighted by molar-refractivity contribution is 8.13. The average Bonchev–Trinajstić information content (AvgIpc) is 3.16. The van der Waals surface area contributed by atoms with E-state index >= 15 is 0 Å². The molecule has 0 aliphatic rings. The topological polar surface area (TPSA) is 55.7 Å². The van der Waals surface area contributed by atoms with E-state index in [1.807, 2.05) is 18.2 Å². The molecule has 0 saturated carbocycles. The molecule has 1 heterocycles. The molecule has 150 valence electrons. The molecule has 0 radical (unpaired) electrons. The highest BCUT2D eigenvalue weighted by Crippen LogP contribution is 2.19. The Morgan fingerprint density at radius 3 is 2.57 bits per heavy atom. The van der Waals surface area contributed by atoms with Crippen molar-refractivity contribution in [1.29, 1.82) is 0 Å². The van der Waals surface area contributed by atoms with E-state index in [2.05, 4.69) is 88.6 Å².